The molecule has 0 saturated carbocycles. The third-order valence-corrected chi connectivity index (χ3v) is 4.04. The lowest BCUT2D eigenvalue weighted by Crippen LogP contribution is -2.48. The zero-order chi connectivity index (χ0) is 17.2. The van der Waals surface area contributed by atoms with Gasteiger partial charge in [0.2, 0.25) is 17.7 Å². The number of nitrogens with one attached hydrogen (secondary N) is 1. The fourth-order valence-electron chi connectivity index (χ4n) is 2.74. The highest BCUT2D eigenvalue weighted by molar-refractivity contribution is 6.20. The van der Waals surface area contributed by atoms with Gasteiger partial charge < -0.3 is 11.1 Å². The van der Waals surface area contributed by atoms with E-state index in [1.54, 1.807) is 32.0 Å². The average Bonchev–Trinajstić information content (AvgIpc) is 2.79. The number of carbonyl (C=O) groups excluding carboxylic acids is 3. The standard InChI is InChI=1S/C17H23N3O3/c1-4-9-17(3,18)16(23)19-12-5-6-13(11(2)10-12)20-14(21)7-8-15(20)22/h5-6,10H,4,7-9,18H2,1-3H3,(H,19,23). The number of carbonyl (C=O) groups is 3. The maximum Gasteiger partial charge on any atom is 0.244 e. The predicted octanol–water partition coefficient (Wildman–Crippen LogP) is 2.10. The molecular weight excluding hydrogens is 294 g/mol. The Kier molecular flexibility index (Phi) is 4.85. The number of amides is 3. The molecule has 6 heteroatoms. The molecule has 1 fully saturated rings. The van der Waals surface area contributed by atoms with Crippen LogP contribution >= 0.6 is 0 Å². The molecule has 6 nitrogen and oxygen atoms in total. The summed E-state index contributed by atoms with van der Waals surface area (Å²) in [6.45, 7) is 5.48. The molecule has 124 valence electrons. The van der Waals surface area contributed by atoms with Crippen LogP contribution in [0.2, 0.25) is 0 Å². The van der Waals surface area contributed by atoms with Crippen molar-refractivity contribution in [2.45, 2.75) is 52.0 Å². The van der Waals surface area contributed by atoms with Crippen LogP contribution in [0.4, 0.5) is 11.4 Å². The fourth-order valence-corrected chi connectivity index (χ4v) is 2.74. The molecule has 0 radical (unpaired) electrons. The first-order valence-electron chi connectivity index (χ1n) is 7.83. The second-order valence-corrected chi connectivity index (χ2v) is 6.25. The van der Waals surface area contributed by atoms with E-state index in [1.807, 2.05) is 6.92 Å². The number of anilines is 2. The van der Waals surface area contributed by atoms with Crippen LogP contribution in [0.25, 0.3) is 0 Å². The van der Waals surface area contributed by atoms with Crippen LogP contribution < -0.4 is 16.0 Å². The Morgan fingerprint density at radius 3 is 2.43 bits per heavy atom. The fraction of sp³-hybridized carbons (Fsp3) is 0.471. The molecule has 1 aromatic rings. The number of aryl methyl sites for hydroxylation is 1. The van der Waals surface area contributed by atoms with Crippen LogP contribution in [0, 0.1) is 6.92 Å². The van der Waals surface area contributed by atoms with E-state index in [2.05, 4.69) is 5.32 Å². The van der Waals surface area contributed by atoms with Gasteiger partial charge in [0.05, 0.1) is 11.2 Å². The molecule has 0 aliphatic carbocycles. The first-order chi connectivity index (χ1) is 10.8. The Labute approximate surface area is 136 Å². The summed E-state index contributed by atoms with van der Waals surface area (Å²) in [6.07, 6.45) is 1.91. The van der Waals surface area contributed by atoms with Crippen LogP contribution in [0.5, 0.6) is 0 Å². The summed E-state index contributed by atoms with van der Waals surface area (Å²) in [5, 5.41) is 2.80. The van der Waals surface area contributed by atoms with E-state index < -0.39 is 5.54 Å². The summed E-state index contributed by atoms with van der Waals surface area (Å²) in [7, 11) is 0. The van der Waals surface area contributed by atoms with E-state index in [9.17, 15) is 14.4 Å². The summed E-state index contributed by atoms with van der Waals surface area (Å²) in [5.74, 6) is -0.625. The van der Waals surface area contributed by atoms with Gasteiger partial charge in [-0.3, -0.25) is 19.3 Å². The van der Waals surface area contributed by atoms with Crippen molar-refractivity contribution >= 4 is 29.1 Å². The minimum absolute atomic E-state index is 0.188. The van der Waals surface area contributed by atoms with E-state index in [0.29, 0.717) is 17.8 Å². The van der Waals surface area contributed by atoms with Crippen LogP contribution in [0.15, 0.2) is 18.2 Å². The maximum absolute atomic E-state index is 12.2. The third-order valence-electron chi connectivity index (χ3n) is 4.04. The normalized spacial score (nSPS) is 17.3. The Hall–Kier alpha value is -2.21. The number of hydrogen-bond donors (Lipinski definition) is 2. The van der Waals surface area contributed by atoms with Crippen LogP contribution in [-0.2, 0) is 14.4 Å². The van der Waals surface area contributed by atoms with Crippen LogP contribution in [-0.4, -0.2) is 23.3 Å². The van der Waals surface area contributed by atoms with Gasteiger partial charge in [0.1, 0.15) is 0 Å². The van der Waals surface area contributed by atoms with Crippen molar-refractivity contribution in [3.8, 4) is 0 Å². The smallest absolute Gasteiger partial charge is 0.244 e. The zero-order valence-electron chi connectivity index (χ0n) is 13.8. The molecule has 3 amide bonds. The lowest BCUT2D eigenvalue weighted by atomic mass is 9.96. The lowest BCUT2D eigenvalue weighted by Gasteiger charge is -2.23. The van der Waals surface area contributed by atoms with Gasteiger partial charge >= 0.3 is 0 Å². The van der Waals surface area contributed by atoms with Gasteiger partial charge in [0, 0.05) is 18.5 Å². The Balaban J connectivity index is 2.18. The molecule has 1 aromatic carbocycles. The van der Waals surface area contributed by atoms with Gasteiger partial charge in [-0.25, -0.2) is 0 Å². The largest absolute Gasteiger partial charge is 0.324 e. The van der Waals surface area contributed by atoms with Crippen molar-refractivity contribution in [3.63, 3.8) is 0 Å². The Morgan fingerprint density at radius 1 is 1.30 bits per heavy atom. The van der Waals surface area contributed by atoms with Gasteiger partial charge in [-0.1, -0.05) is 13.3 Å². The van der Waals surface area contributed by atoms with Gasteiger partial charge in [-0.15, -0.1) is 0 Å². The zero-order valence-corrected chi connectivity index (χ0v) is 13.8. The van der Waals surface area contributed by atoms with Crippen molar-refractivity contribution in [2.75, 3.05) is 10.2 Å². The third kappa shape index (κ3) is 3.59. The van der Waals surface area contributed by atoms with Gasteiger partial charge in [-0.05, 0) is 44.0 Å². The highest BCUT2D eigenvalue weighted by Gasteiger charge is 2.31. The topological polar surface area (TPSA) is 92.5 Å². The number of hydrogen-bond acceptors (Lipinski definition) is 4. The highest BCUT2D eigenvalue weighted by Crippen LogP contribution is 2.28. The molecule has 1 unspecified atom stereocenters. The summed E-state index contributed by atoms with van der Waals surface area (Å²) >= 11 is 0. The average molecular weight is 317 g/mol. The number of benzene rings is 1. The summed E-state index contributed by atoms with van der Waals surface area (Å²) in [4.78, 5) is 37.1. The second-order valence-electron chi connectivity index (χ2n) is 6.25. The van der Waals surface area contributed by atoms with Gasteiger partial charge in [-0.2, -0.15) is 0 Å². The summed E-state index contributed by atoms with van der Waals surface area (Å²) < 4.78 is 0. The molecular formula is C17H23N3O3. The first kappa shape index (κ1) is 17.1. The first-order valence-corrected chi connectivity index (χ1v) is 7.83. The molecule has 1 aliphatic rings. The lowest BCUT2D eigenvalue weighted by molar-refractivity contribution is -0.122. The highest BCUT2D eigenvalue weighted by atomic mass is 16.2. The molecule has 1 heterocycles. The SMILES string of the molecule is CCCC(C)(N)C(=O)Nc1ccc(N2C(=O)CCC2=O)c(C)c1. The maximum atomic E-state index is 12.2. The minimum atomic E-state index is -0.928. The number of nitrogens with two attached hydrogens (primary N) is 1. The van der Waals surface area contributed by atoms with Crippen molar-refractivity contribution in [2.24, 2.45) is 5.73 Å². The monoisotopic (exact) mass is 317 g/mol. The molecule has 1 atom stereocenters. The van der Waals surface area contributed by atoms with Crippen molar-refractivity contribution < 1.29 is 14.4 Å². The summed E-state index contributed by atoms with van der Waals surface area (Å²) in [5.41, 5.74) is 7.00. The molecule has 23 heavy (non-hydrogen) atoms. The van der Waals surface area contributed by atoms with Gasteiger partial charge in [0.25, 0.3) is 0 Å². The predicted molar refractivity (Wildman–Crippen MR) is 89.0 cm³/mol. The molecule has 3 N–H and O–H groups in total. The molecule has 0 aromatic heterocycles. The number of rotatable bonds is 5. The summed E-state index contributed by atoms with van der Waals surface area (Å²) in [6, 6.07) is 5.11. The second kappa shape index (κ2) is 6.50. The molecule has 2 rings (SSSR count). The van der Waals surface area contributed by atoms with E-state index >= 15 is 0 Å². The number of imide groups is 1. The Morgan fingerprint density at radius 2 is 1.91 bits per heavy atom. The van der Waals surface area contributed by atoms with E-state index in [0.717, 1.165) is 12.0 Å². The van der Waals surface area contributed by atoms with E-state index in [1.165, 1.54) is 4.90 Å². The molecule has 1 saturated heterocycles. The van der Waals surface area contributed by atoms with Crippen molar-refractivity contribution in [1.29, 1.82) is 0 Å². The quantitative estimate of drug-likeness (QED) is 0.813. The van der Waals surface area contributed by atoms with Crippen molar-refractivity contribution in [1.82, 2.24) is 0 Å². The minimum Gasteiger partial charge on any atom is -0.324 e. The molecule has 0 bridgehead atoms. The number of nitrogens with zero attached hydrogens (tertiary/aromatic N) is 1. The van der Waals surface area contributed by atoms with E-state index in [4.69, 9.17) is 5.73 Å². The van der Waals surface area contributed by atoms with Crippen LogP contribution in [0.1, 0.15) is 45.1 Å². The van der Waals surface area contributed by atoms with Crippen molar-refractivity contribution in [3.05, 3.63) is 23.8 Å². The molecule has 0 spiro atoms. The van der Waals surface area contributed by atoms with Crippen LogP contribution in [0.3, 0.4) is 0 Å². The van der Waals surface area contributed by atoms with Gasteiger partial charge in [0.15, 0.2) is 0 Å². The Bertz CT molecular complexity index is 636. The molecule has 1 aliphatic heterocycles. The van der Waals surface area contributed by atoms with E-state index in [-0.39, 0.29) is 30.6 Å².